The van der Waals surface area contributed by atoms with Gasteiger partial charge in [-0.05, 0) is 25.5 Å². The normalized spacial score (nSPS) is 12.3. The molecule has 0 fully saturated rings. The van der Waals surface area contributed by atoms with Crippen LogP contribution in [0.15, 0.2) is 28.7 Å². The molecule has 2 rings (SSSR count). The monoisotopic (exact) mass is 505 g/mol. The van der Waals surface area contributed by atoms with Crippen molar-refractivity contribution < 1.29 is 9.47 Å². The molecule has 0 aliphatic heterocycles. The number of rotatable bonds is 8. The first kappa shape index (κ1) is 23.6. The lowest BCUT2D eigenvalue weighted by atomic mass is 10.2. The predicted molar refractivity (Wildman–Crippen MR) is 120 cm³/mol. The minimum Gasteiger partial charge on any atom is -0.478 e. The van der Waals surface area contributed by atoms with Crippen LogP contribution in [0.4, 0.5) is 0 Å². The fourth-order valence-corrected chi connectivity index (χ4v) is 3.20. The Kier molecular flexibility index (Phi) is 10.6. The summed E-state index contributed by atoms with van der Waals surface area (Å²) in [6.45, 7) is 5.86. The third-order valence-corrected chi connectivity index (χ3v) is 4.84. The number of aliphatic imine (C=N–C) groups is 1. The van der Waals surface area contributed by atoms with Crippen LogP contribution in [-0.2, 0) is 17.8 Å². The minimum absolute atomic E-state index is 0. The standard InChI is InChI=1S/C18H27N5O2S.HI/c1-6-25-16-9-14(7-8-20-16)10-21-18(19-3)23(4)11-15-12-26-17(22-15)13(2)24-5;/h7-9,12-13H,6,10-11H2,1-5H3,(H,19,21);1H. The van der Waals surface area contributed by atoms with Crippen molar-refractivity contribution in [3.05, 3.63) is 40.0 Å². The van der Waals surface area contributed by atoms with Gasteiger partial charge in [0.05, 0.1) is 18.8 Å². The number of thiazole rings is 1. The summed E-state index contributed by atoms with van der Waals surface area (Å²) in [5, 5.41) is 6.41. The van der Waals surface area contributed by atoms with Crippen LogP contribution in [0.1, 0.15) is 36.2 Å². The fraction of sp³-hybridized carbons (Fsp3) is 0.500. The van der Waals surface area contributed by atoms with E-state index < -0.39 is 0 Å². The van der Waals surface area contributed by atoms with E-state index in [0.29, 0.717) is 25.6 Å². The van der Waals surface area contributed by atoms with Crippen molar-refractivity contribution in [1.29, 1.82) is 0 Å². The van der Waals surface area contributed by atoms with Crippen LogP contribution in [0.25, 0.3) is 0 Å². The van der Waals surface area contributed by atoms with Crippen molar-refractivity contribution >= 4 is 41.3 Å². The van der Waals surface area contributed by atoms with Crippen LogP contribution in [0.3, 0.4) is 0 Å². The summed E-state index contributed by atoms with van der Waals surface area (Å²) in [7, 11) is 5.46. The second-order valence-corrected chi connectivity index (χ2v) is 6.64. The Bertz CT molecular complexity index is 725. The van der Waals surface area contributed by atoms with Crippen molar-refractivity contribution in [2.45, 2.75) is 33.0 Å². The van der Waals surface area contributed by atoms with Gasteiger partial charge in [0.1, 0.15) is 11.1 Å². The van der Waals surface area contributed by atoms with Gasteiger partial charge < -0.3 is 19.7 Å². The quantitative estimate of drug-likeness (QED) is 0.337. The zero-order valence-electron chi connectivity index (χ0n) is 16.4. The van der Waals surface area contributed by atoms with Crippen LogP contribution >= 0.6 is 35.3 Å². The summed E-state index contributed by atoms with van der Waals surface area (Å²) < 4.78 is 10.8. The molecule has 2 aromatic rings. The minimum atomic E-state index is 0. The van der Waals surface area contributed by atoms with E-state index >= 15 is 0 Å². The van der Waals surface area contributed by atoms with E-state index in [9.17, 15) is 0 Å². The Morgan fingerprint density at radius 2 is 2.22 bits per heavy atom. The molecule has 2 heterocycles. The molecule has 0 radical (unpaired) electrons. The molecule has 1 atom stereocenters. The number of ether oxygens (including phenoxy) is 2. The third-order valence-electron chi connectivity index (χ3n) is 3.79. The van der Waals surface area contributed by atoms with Crippen molar-refractivity contribution in [2.24, 2.45) is 4.99 Å². The maximum Gasteiger partial charge on any atom is 0.213 e. The van der Waals surface area contributed by atoms with Gasteiger partial charge in [-0.1, -0.05) is 0 Å². The molecule has 150 valence electrons. The van der Waals surface area contributed by atoms with E-state index in [1.807, 2.05) is 37.9 Å². The van der Waals surface area contributed by atoms with E-state index in [4.69, 9.17) is 9.47 Å². The largest absolute Gasteiger partial charge is 0.478 e. The predicted octanol–water partition coefficient (Wildman–Crippen LogP) is 3.47. The van der Waals surface area contributed by atoms with Gasteiger partial charge in [-0.15, -0.1) is 35.3 Å². The van der Waals surface area contributed by atoms with Crippen LogP contribution in [-0.4, -0.2) is 48.6 Å². The molecule has 0 saturated heterocycles. The molecule has 27 heavy (non-hydrogen) atoms. The van der Waals surface area contributed by atoms with Crippen LogP contribution in [0, 0.1) is 0 Å². The first-order valence-corrected chi connectivity index (χ1v) is 9.41. The van der Waals surface area contributed by atoms with Gasteiger partial charge in [0, 0.05) is 45.4 Å². The number of methoxy groups -OCH3 is 1. The lowest BCUT2D eigenvalue weighted by molar-refractivity contribution is 0.119. The van der Waals surface area contributed by atoms with E-state index in [1.54, 1.807) is 31.7 Å². The SMILES string of the molecule is CCOc1cc(CNC(=NC)N(C)Cc2csc(C(C)OC)n2)ccn1.I. The molecule has 0 aromatic carbocycles. The number of hydrogen-bond acceptors (Lipinski definition) is 6. The highest BCUT2D eigenvalue weighted by molar-refractivity contribution is 14.0. The topological polar surface area (TPSA) is 71.9 Å². The number of nitrogens with zero attached hydrogens (tertiary/aromatic N) is 4. The van der Waals surface area contributed by atoms with E-state index in [2.05, 4.69) is 25.7 Å². The average molecular weight is 505 g/mol. The summed E-state index contributed by atoms with van der Waals surface area (Å²) in [5.41, 5.74) is 2.09. The van der Waals surface area contributed by atoms with Crippen molar-refractivity contribution in [3.8, 4) is 5.88 Å². The highest BCUT2D eigenvalue weighted by Crippen LogP contribution is 2.21. The van der Waals surface area contributed by atoms with Gasteiger partial charge in [0.2, 0.25) is 5.88 Å². The molecule has 0 bridgehead atoms. The molecule has 0 saturated carbocycles. The van der Waals surface area contributed by atoms with Gasteiger partial charge >= 0.3 is 0 Å². The second kappa shape index (κ2) is 12.1. The molecular weight excluding hydrogens is 477 g/mol. The number of nitrogens with one attached hydrogen (secondary N) is 1. The lowest BCUT2D eigenvalue weighted by Crippen LogP contribution is -2.38. The number of aromatic nitrogens is 2. The zero-order chi connectivity index (χ0) is 18.9. The molecule has 2 aromatic heterocycles. The summed E-state index contributed by atoms with van der Waals surface area (Å²) in [5.74, 6) is 1.44. The van der Waals surface area contributed by atoms with Gasteiger partial charge in [0.15, 0.2) is 5.96 Å². The van der Waals surface area contributed by atoms with Gasteiger partial charge in [-0.2, -0.15) is 0 Å². The highest BCUT2D eigenvalue weighted by atomic mass is 127. The molecule has 1 unspecified atom stereocenters. The number of pyridine rings is 1. The number of guanidine groups is 1. The maximum atomic E-state index is 5.44. The molecule has 1 N–H and O–H groups in total. The molecule has 7 nitrogen and oxygen atoms in total. The van der Waals surface area contributed by atoms with Gasteiger partial charge in [0.25, 0.3) is 0 Å². The lowest BCUT2D eigenvalue weighted by Gasteiger charge is -2.21. The Morgan fingerprint density at radius 3 is 2.89 bits per heavy atom. The first-order valence-electron chi connectivity index (χ1n) is 8.54. The first-order chi connectivity index (χ1) is 12.6. The highest BCUT2D eigenvalue weighted by Gasteiger charge is 2.12. The molecule has 9 heteroatoms. The van der Waals surface area contributed by atoms with Crippen molar-refractivity contribution in [1.82, 2.24) is 20.2 Å². The zero-order valence-corrected chi connectivity index (χ0v) is 19.6. The molecule has 0 spiro atoms. The summed E-state index contributed by atoms with van der Waals surface area (Å²) in [6.07, 6.45) is 1.77. The molecule has 0 aliphatic carbocycles. The molecule has 0 aliphatic rings. The Morgan fingerprint density at radius 1 is 1.44 bits per heavy atom. The number of halogens is 1. The molecular formula is C18H28IN5O2S. The van der Waals surface area contributed by atoms with E-state index in [1.165, 1.54) is 0 Å². The van der Waals surface area contributed by atoms with Crippen molar-refractivity contribution in [2.75, 3.05) is 27.8 Å². The number of hydrogen-bond donors (Lipinski definition) is 1. The average Bonchev–Trinajstić information content (AvgIpc) is 3.10. The summed E-state index contributed by atoms with van der Waals surface area (Å²) in [6, 6.07) is 3.89. The Hall–Kier alpha value is -1.46. The third kappa shape index (κ3) is 7.23. The Labute approximate surface area is 182 Å². The Balaban J connectivity index is 0.00000364. The van der Waals surface area contributed by atoms with Gasteiger partial charge in [-0.3, -0.25) is 4.99 Å². The summed E-state index contributed by atoms with van der Waals surface area (Å²) >= 11 is 1.62. The van der Waals surface area contributed by atoms with Crippen LogP contribution < -0.4 is 10.1 Å². The maximum absolute atomic E-state index is 5.44. The van der Waals surface area contributed by atoms with Crippen LogP contribution in [0.5, 0.6) is 5.88 Å². The van der Waals surface area contributed by atoms with Crippen LogP contribution in [0.2, 0.25) is 0 Å². The van der Waals surface area contributed by atoms with E-state index in [0.717, 1.165) is 22.2 Å². The van der Waals surface area contributed by atoms with E-state index in [-0.39, 0.29) is 30.1 Å². The van der Waals surface area contributed by atoms with Gasteiger partial charge in [-0.25, -0.2) is 9.97 Å². The fourth-order valence-electron chi connectivity index (χ4n) is 2.35. The summed E-state index contributed by atoms with van der Waals surface area (Å²) in [4.78, 5) is 15.2. The van der Waals surface area contributed by atoms with Crippen molar-refractivity contribution in [3.63, 3.8) is 0 Å². The second-order valence-electron chi connectivity index (χ2n) is 5.75. The smallest absolute Gasteiger partial charge is 0.213 e. The molecule has 0 amide bonds.